The number of hydrogen-bond donors (Lipinski definition) is 1. The standard InChI is InChI=1S/C13H23NO/c1-11(2)6-4-8-14-12(3)10-13-7-5-9-15-13/h5,7,9,11-12,14H,4,6,8,10H2,1-3H3. The second kappa shape index (κ2) is 6.67. The summed E-state index contributed by atoms with van der Waals surface area (Å²) < 4.78 is 5.31. The third-order valence-electron chi connectivity index (χ3n) is 2.54. The van der Waals surface area contributed by atoms with Crippen molar-refractivity contribution in [2.45, 2.75) is 46.1 Å². The Morgan fingerprint density at radius 1 is 1.33 bits per heavy atom. The molecule has 2 nitrogen and oxygen atoms in total. The monoisotopic (exact) mass is 209 g/mol. The van der Waals surface area contributed by atoms with E-state index in [9.17, 15) is 0 Å². The smallest absolute Gasteiger partial charge is 0.105 e. The van der Waals surface area contributed by atoms with Crippen molar-refractivity contribution in [1.29, 1.82) is 0 Å². The lowest BCUT2D eigenvalue weighted by atomic mass is 10.1. The van der Waals surface area contributed by atoms with Gasteiger partial charge in [-0.15, -0.1) is 0 Å². The summed E-state index contributed by atoms with van der Waals surface area (Å²) in [5.74, 6) is 1.88. The lowest BCUT2D eigenvalue weighted by molar-refractivity contribution is 0.443. The SMILES string of the molecule is CC(C)CCCNC(C)Cc1ccco1. The Labute approximate surface area is 93.1 Å². The van der Waals surface area contributed by atoms with E-state index in [1.54, 1.807) is 6.26 Å². The van der Waals surface area contributed by atoms with Crippen LogP contribution < -0.4 is 5.32 Å². The molecule has 1 atom stereocenters. The molecule has 0 amide bonds. The molecule has 0 fully saturated rings. The van der Waals surface area contributed by atoms with E-state index < -0.39 is 0 Å². The molecule has 1 heterocycles. The van der Waals surface area contributed by atoms with Gasteiger partial charge in [-0.05, 0) is 44.4 Å². The predicted octanol–water partition coefficient (Wildman–Crippen LogP) is 3.24. The minimum Gasteiger partial charge on any atom is -0.469 e. The van der Waals surface area contributed by atoms with Crippen LogP contribution in [0.4, 0.5) is 0 Å². The van der Waals surface area contributed by atoms with Crippen LogP contribution >= 0.6 is 0 Å². The van der Waals surface area contributed by atoms with E-state index in [-0.39, 0.29) is 0 Å². The van der Waals surface area contributed by atoms with Crippen LogP contribution in [0.5, 0.6) is 0 Å². The number of rotatable bonds is 7. The van der Waals surface area contributed by atoms with E-state index in [2.05, 4.69) is 26.1 Å². The minimum absolute atomic E-state index is 0.503. The highest BCUT2D eigenvalue weighted by Crippen LogP contribution is 2.05. The zero-order valence-electron chi connectivity index (χ0n) is 10.1. The molecule has 1 N–H and O–H groups in total. The number of hydrogen-bond acceptors (Lipinski definition) is 2. The van der Waals surface area contributed by atoms with Gasteiger partial charge in [0.05, 0.1) is 6.26 Å². The third kappa shape index (κ3) is 5.63. The van der Waals surface area contributed by atoms with E-state index >= 15 is 0 Å². The molecule has 86 valence electrons. The average Bonchev–Trinajstić information content (AvgIpc) is 2.64. The van der Waals surface area contributed by atoms with Gasteiger partial charge >= 0.3 is 0 Å². The Morgan fingerprint density at radius 3 is 2.73 bits per heavy atom. The zero-order chi connectivity index (χ0) is 11.1. The molecule has 1 aromatic heterocycles. The van der Waals surface area contributed by atoms with E-state index in [0.717, 1.165) is 24.6 Å². The minimum atomic E-state index is 0.503. The van der Waals surface area contributed by atoms with Crippen molar-refractivity contribution in [3.63, 3.8) is 0 Å². The van der Waals surface area contributed by atoms with Crippen molar-refractivity contribution in [2.75, 3.05) is 6.54 Å². The number of nitrogens with one attached hydrogen (secondary N) is 1. The van der Waals surface area contributed by atoms with Gasteiger partial charge in [-0.1, -0.05) is 13.8 Å². The first kappa shape index (κ1) is 12.3. The van der Waals surface area contributed by atoms with E-state index in [1.807, 2.05) is 12.1 Å². The third-order valence-corrected chi connectivity index (χ3v) is 2.54. The Kier molecular flexibility index (Phi) is 5.48. The van der Waals surface area contributed by atoms with Crippen LogP contribution in [0.2, 0.25) is 0 Å². The fraction of sp³-hybridized carbons (Fsp3) is 0.692. The zero-order valence-corrected chi connectivity index (χ0v) is 10.1. The summed E-state index contributed by atoms with van der Waals surface area (Å²) in [6, 6.07) is 4.48. The van der Waals surface area contributed by atoms with E-state index in [4.69, 9.17) is 4.42 Å². The summed E-state index contributed by atoms with van der Waals surface area (Å²) in [6.07, 6.45) is 5.29. The van der Waals surface area contributed by atoms with E-state index in [0.29, 0.717) is 6.04 Å². The molecule has 0 saturated heterocycles. The second-order valence-corrected chi connectivity index (χ2v) is 4.67. The molecule has 0 saturated carbocycles. The highest BCUT2D eigenvalue weighted by atomic mass is 16.3. The number of furan rings is 1. The van der Waals surface area contributed by atoms with Crippen LogP contribution in [0.25, 0.3) is 0 Å². The van der Waals surface area contributed by atoms with Crippen LogP contribution in [0, 0.1) is 5.92 Å². The summed E-state index contributed by atoms with van der Waals surface area (Å²) in [5.41, 5.74) is 0. The summed E-state index contributed by atoms with van der Waals surface area (Å²) in [5, 5.41) is 3.52. The fourth-order valence-corrected chi connectivity index (χ4v) is 1.66. The predicted molar refractivity (Wildman–Crippen MR) is 63.9 cm³/mol. The highest BCUT2D eigenvalue weighted by molar-refractivity contribution is 4.99. The van der Waals surface area contributed by atoms with Gasteiger partial charge in [0.1, 0.15) is 5.76 Å². The molecule has 15 heavy (non-hydrogen) atoms. The molecule has 0 spiro atoms. The van der Waals surface area contributed by atoms with Gasteiger partial charge in [0.2, 0.25) is 0 Å². The summed E-state index contributed by atoms with van der Waals surface area (Å²) in [7, 11) is 0. The molecule has 1 aromatic rings. The van der Waals surface area contributed by atoms with Gasteiger partial charge in [0, 0.05) is 12.5 Å². The maximum Gasteiger partial charge on any atom is 0.105 e. The molecule has 0 aliphatic rings. The summed E-state index contributed by atoms with van der Waals surface area (Å²) in [4.78, 5) is 0. The molecule has 0 bridgehead atoms. The molecular weight excluding hydrogens is 186 g/mol. The Hall–Kier alpha value is -0.760. The van der Waals surface area contributed by atoms with Crippen LogP contribution in [0.1, 0.15) is 39.4 Å². The average molecular weight is 209 g/mol. The largest absolute Gasteiger partial charge is 0.469 e. The van der Waals surface area contributed by atoms with Crippen LogP contribution in [-0.4, -0.2) is 12.6 Å². The lowest BCUT2D eigenvalue weighted by Crippen LogP contribution is -2.28. The molecule has 1 unspecified atom stereocenters. The Bertz CT molecular complexity index is 241. The van der Waals surface area contributed by atoms with E-state index in [1.165, 1.54) is 12.8 Å². The van der Waals surface area contributed by atoms with Crippen LogP contribution in [0.3, 0.4) is 0 Å². The molecule has 0 aromatic carbocycles. The Morgan fingerprint density at radius 2 is 2.13 bits per heavy atom. The van der Waals surface area contributed by atoms with Crippen molar-refractivity contribution < 1.29 is 4.42 Å². The first-order valence-electron chi connectivity index (χ1n) is 5.94. The molecule has 1 rings (SSSR count). The normalized spacial score (nSPS) is 13.3. The van der Waals surface area contributed by atoms with Crippen LogP contribution in [-0.2, 0) is 6.42 Å². The summed E-state index contributed by atoms with van der Waals surface area (Å²) >= 11 is 0. The van der Waals surface area contributed by atoms with Crippen molar-refractivity contribution in [1.82, 2.24) is 5.32 Å². The topological polar surface area (TPSA) is 25.2 Å². The van der Waals surface area contributed by atoms with Gasteiger partial charge in [0.15, 0.2) is 0 Å². The highest BCUT2D eigenvalue weighted by Gasteiger charge is 2.04. The molecule has 2 heteroatoms. The van der Waals surface area contributed by atoms with Gasteiger partial charge in [-0.25, -0.2) is 0 Å². The maximum absolute atomic E-state index is 5.31. The van der Waals surface area contributed by atoms with Crippen molar-refractivity contribution >= 4 is 0 Å². The van der Waals surface area contributed by atoms with Gasteiger partial charge in [0.25, 0.3) is 0 Å². The van der Waals surface area contributed by atoms with Crippen molar-refractivity contribution in [2.24, 2.45) is 5.92 Å². The fourth-order valence-electron chi connectivity index (χ4n) is 1.66. The molecule has 0 radical (unpaired) electrons. The maximum atomic E-state index is 5.31. The van der Waals surface area contributed by atoms with Crippen LogP contribution in [0.15, 0.2) is 22.8 Å². The van der Waals surface area contributed by atoms with Gasteiger partial charge in [-0.2, -0.15) is 0 Å². The first-order chi connectivity index (χ1) is 7.18. The van der Waals surface area contributed by atoms with Crippen molar-refractivity contribution in [3.8, 4) is 0 Å². The molecule has 0 aliphatic heterocycles. The van der Waals surface area contributed by atoms with Gasteiger partial charge < -0.3 is 9.73 Å². The lowest BCUT2D eigenvalue weighted by Gasteiger charge is -2.12. The van der Waals surface area contributed by atoms with Crippen molar-refractivity contribution in [3.05, 3.63) is 24.2 Å². The molecular formula is C13H23NO. The summed E-state index contributed by atoms with van der Waals surface area (Å²) in [6.45, 7) is 7.86. The Balaban J connectivity index is 2.06. The second-order valence-electron chi connectivity index (χ2n) is 4.67. The molecule has 0 aliphatic carbocycles. The van der Waals surface area contributed by atoms with Gasteiger partial charge in [-0.3, -0.25) is 0 Å². The first-order valence-corrected chi connectivity index (χ1v) is 5.94. The quantitative estimate of drug-likeness (QED) is 0.697.